The second-order valence-electron chi connectivity index (χ2n) is 8.50. The average Bonchev–Trinajstić information content (AvgIpc) is 3.51. The number of thiophene rings is 1. The van der Waals surface area contributed by atoms with Gasteiger partial charge in [-0.3, -0.25) is 4.79 Å². The molecule has 31 heavy (non-hydrogen) atoms. The Bertz CT molecular complexity index is 1140. The van der Waals surface area contributed by atoms with Gasteiger partial charge in [-0.1, -0.05) is 12.5 Å². The zero-order valence-electron chi connectivity index (χ0n) is 16.6. The third-order valence-corrected chi connectivity index (χ3v) is 8.23. The van der Waals surface area contributed by atoms with E-state index < -0.39 is 17.8 Å². The van der Waals surface area contributed by atoms with Crippen molar-refractivity contribution in [3.05, 3.63) is 39.4 Å². The SMILES string of the molecule is C[C@H](NC(=O)c1nn2c(C(F)(F)F)cc(-c3cccs3)nc2c1Br)[C@@H]1C[C@@H]2CC[C@@H]1C2. The molecule has 0 saturated heterocycles. The van der Waals surface area contributed by atoms with Crippen molar-refractivity contribution < 1.29 is 18.0 Å². The number of hydrogen-bond donors (Lipinski definition) is 1. The molecule has 3 aromatic heterocycles. The second-order valence-corrected chi connectivity index (χ2v) is 10.2. The molecule has 1 amide bonds. The maximum absolute atomic E-state index is 13.8. The summed E-state index contributed by atoms with van der Waals surface area (Å²) >= 11 is 4.58. The van der Waals surface area contributed by atoms with Crippen LogP contribution in [0.25, 0.3) is 16.2 Å². The minimum absolute atomic E-state index is 0.0315. The lowest BCUT2D eigenvalue weighted by Crippen LogP contribution is -2.40. The number of aromatic nitrogens is 3. The van der Waals surface area contributed by atoms with Crippen molar-refractivity contribution >= 4 is 38.8 Å². The molecule has 2 saturated carbocycles. The first-order valence-corrected chi connectivity index (χ1v) is 11.9. The van der Waals surface area contributed by atoms with Gasteiger partial charge >= 0.3 is 6.18 Å². The molecule has 164 valence electrons. The fourth-order valence-corrected chi connectivity index (χ4v) is 6.38. The number of rotatable bonds is 4. The number of alkyl halides is 3. The zero-order chi connectivity index (χ0) is 21.9. The van der Waals surface area contributed by atoms with Crippen LogP contribution in [0, 0.1) is 17.8 Å². The Kier molecular flexibility index (Phi) is 5.12. The summed E-state index contributed by atoms with van der Waals surface area (Å²) < 4.78 is 42.2. The summed E-state index contributed by atoms with van der Waals surface area (Å²) in [5.74, 6) is 1.29. The van der Waals surface area contributed by atoms with E-state index in [4.69, 9.17) is 0 Å². The van der Waals surface area contributed by atoms with Gasteiger partial charge in [-0.05, 0) is 77.4 Å². The van der Waals surface area contributed by atoms with Gasteiger partial charge in [-0.15, -0.1) is 11.3 Å². The molecular weight excluding hydrogens is 493 g/mol. The van der Waals surface area contributed by atoms with Gasteiger partial charge in [-0.2, -0.15) is 18.3 Å². The van der Waals surface area contributed by atoms with Crippen LogP contribution in [-0.4, -0.2) is 26.5 Å². The van der Waals surface area contributed by atoms with Gasteiger partial charge in [0.1, 0.15) is 0 Å². The van der Waals surface area contributed by atoms with Crippen molar-refractivity contribution in [2.24, 2.45) is 17.8 Å². The van der Waals surface area contributed by atoms with Gasteiger partial charge in [0.15, 0.2) is 17.0 Å². The molecule has 5 nitrogen and oxygen atoms in total. The Labute approximate surface area is 189 Å². The molecule has 0 unspecified atom stereocenters. The maximum Gasteiger partial charge on any atom is 0.433 e. The predicted octanol–water partition coefficient (Wildman–Crippen LogP) is 5.79. The van der Waals surface area contributed by atoms with E-state index in [9.17, 15) is 18.0 Å². The minimum atomic E-state index is -4.65. The van der Waals surface area contributed by atoms with Crippen LogP contribution in [0.5, 0.6) is 0 Å². The summed E-state index contributed by atoms with van der Waals surface area (Å²) in [7, 11) is 0. The van der Waals surface area contributed by atoms with E-state index in [1.54, 1.807) is 17.5 Å². The highest BCUT2D eigenvalue weighted by Crippen LogP contribution is 2.49. The van der Waals surface area contributed by atoms with E-state index in [0.29, 0.717) is 21.2 Å². The van der Waals surface area contributed by atoms with Crippen LogP contribution in [0.4, 0.5) is 13.2 Å². The molecule has 4 atom stereocenters. The molecule has 0 radical (unpaired) electrons. The summed E-state index contributed by atoms with van der Waals surface area (Å²) in [6.07, 6.45) is 0.120. The van der Waals surface area contributed by atoms with Gasteiger partial charge in [0.2, 0.25) is 0 Å². The third-order valence-electron chi connectivity index (χ3n) is 6.61. The van der Waals surface area contributed by atoms with Crippen molar-refractivity contribution in [3.8, 4) is 10.6 Å². The second kappa shape index (κ2) is 7.58. The first-order chi connectivity index (χ1) is 14.7. The van der Waals surface area contributed by atoms with Crippen LogP contribution in [0.1, 0.15) is 48.8 Å². The fraction of sp³-hybridized carbons (Fsp3) is 0.476. The van der Waals surface area contributed by atoms with E-state index in [-0.39, 0.29) is 27.5 Å². The Balaban J connectivity index is 1.50. The van der Waals surface area contributed by atoms with Crippen molar-refractivity contribution in [1.29, 1.82) is 0 Å². The highest BCUT2D eigenvalue weighted by Gasteiger charge is 2.42. The molecule has 3 aromatic rings. The highest BCUT2D eigenvalue weighted by molar-refractivity contribution is 9.10. The Hall–Kier alpha value is -1.94. The lowest BCUT2D eigenvalue weighted by atomic mass is 9.84. The number of carbonyl (C=O) groups excluding carboxylic acids is 1. The molecular formula is C21H20BrF3N4OS. The van der Waals surface area contributed by atoms with Crippen molar-refractivity contribution in [2.45, 2.75) is 44.8 Å². The third kappa shape index (κ3) is 3.67. The van der Waals surface area contributed by atoms with Crippen LogP contribution < -0.4 is 5.32 Å². The molecule has 2 fully saturated rings. The van der Waals surface area contributed by atoms with Gasteiger partial charge in [0, 0.05) is 6.04 Å². The number of hydrogen-bond acceptors (Lipinski definition) is 4. The van der Waals surface area contributed by atoms with Crippen LogP contribution in [0.2, 0.25) is 0 Å². The largest absolute Gasteiger partial charge is 0.433 e. The summed E-state index contributed by atoms with van der Waals surface area (Å²) in [5, 5.41) is 8.75. The Morgan fingerprint density at radius 2 is 2.16 bits per heavy atom. The van der Waals surface area contributed by atoms with E-state index in [1.165, 1.54) is 30.6 Å². The fourth-order valence-electron chi connectivity index (χ4n) is 5.18. The highest BCUT2D eigenvalue weighted by atomic mass is 79.9. The molecule has 1 N–H and O–H groups in total. The molecule has 3 heterocycles. The van der Waals surface area contributed by atoms with E-state index in [1.807, 2.05) is 6.92 Å². The predicted molar refractivity (Wildman–Crippen MR) is 115 cm³/mol. The number of nitrogens with one attached hydrogen (secondary N) is 1. The van der Waals surface area contributed by atoms with Gasteiger partial charge in [0.05, 0.1) is 15.0 Å². The van der Waals surface area contributed by atoms with Crippen LogP contribution in [-0.2, 0) is 6.18 Å². The van der Waals surface area contributed by atoms with Crippen molar-refractivity contribution in [1.82, 2.24) is 19.9 Å². The summed E-state index contributed by atoms with van der Waals surface area (Å²) in [6, 6.07) is 4.37. The van der Waals surface area contributed by atoms with E-state index in [0.717, 1.165) is 18.4 Å². The number of nitrogens with zero attached hydrogens (tertiary/aromatic N) is 3. The summed E-state index contributed by atoms with van der Waals surface area (Å²) in [5.41, 5.74) is -0.896. The molecule has 0 aliphatic heterocycles. The Morgan fingerprint density at radius 1 is 1.35 bits per heavy atom. The number of amides is 1. The first kappa shape index (κ1) is 20.9. The van der Waals surface area contributed by atoms with Crippen LogP contribution in [0.3, 0.4) is 0 Å². The number of fused-ring (bicyclic) bond motifs is 3. The molecule has 2 aliphatic rings. The van der Waals surface area contributed by atoms with Crippen LogP contribution >= 0.6 is 27.3 Å². The van der Waals surface area contributed by atoms with Gasteiger partial charge in [0.25, 0.3) is 5.91 Å². The molecule has 10 heteroatoms. The van der Waals surface area contributed by atoms with Gasteiger partial charge in [-0.25, -0.2) is 9.50 Å². The molecule has 0 aromatic carbocycles. The quantitative estimate of drug-likeness (QED) is 0.480. The topological polar surface area (TPSA) is 59.3 Å². The normalized spacial score (nSPS) is 24.1. The van der Waals surface area contributed by atoms with E-state index >= 15 is 0 Å². The molecule has 5 rings (SSSR count). The number of halogens is 4. The van der Waals surface area contributed by atoms with Crippen LogP contribution in [0.15, 0.2) is 28.1 Å². The van der Waals surface area contributed by atoms with Crippen molar-refractivity contribution in [3.63, 3.8) is 0 Å². The first-order valence-electron chi connectivity index (χ1n) is 10.2. The maximum atomic E-state index is 13.8. The lowest BCUT2D eigenvalue weighted by molar-refractivity contribution is -0.142. The monoisotopic (exact) mass is 512 g/mol. The average molecular weight is 513 g/mol. The number of carbonyl (C=O) groups is 1. The summed E-state index contributed by atoms with van der Waals surface area (Å²) in [4.78, 5) is 17.9. The molecule has 0 spiro atoms. The smallest absolute Gasteiger partial charge is 0.348 e. The summed E-state index contributed by atoms with van der Waals surface area (Å²) in [6.45, 7) is 1.97. The minimum Gasteiger partial charge on any atom is -0.348 e. The zero-order valence-corrected chi connectivity index (χ0v) is 19.0. The standard InChI is InChI=1S/C21H20BrF3N4OS/c1-10(13-8-11-4-5-12(13)7-11)26-20(30)18-17(22)19-27-14(15-3-2-6-31-15)9-16(21(23,24)25)29(19)28-18/h2-3,6,9-13H,4-5,7-8H2,1H3,(H,26,30)/t10-,11+,12+,13-/m0/s1. The lowest BCUT2D eigenvalue weighted by Gasteiger charge is -2.28. The Morgan fingerprint density at radius 3 is 2.77 bits per heavy atom. The molecule has 2 aliphatic carbocycles. The van der Waals surface area contributed by atoms with E-state index in [2.05, 4.69) is 31.3 Å². The van der Waals surface area contributed by atoms with Crippen molar-refractivity contribution in [2.75, 3.05) is 0 Å². The van der Waals surface area contributed by atoms with Gasteiger partial charge < -0.3 is 5.32 Å². The molecule has 2 bridgehead atoms.